The summed E-state index contributed by atoms with van der Waals surface area (Å²) in [7, 11) is 0. The SMILES string of the molecule is Cc1ccc2c3c(sc2c1)CC(Nc1ccc2sc4ccc(-c5ccccc5)cc4c2c1)C(c1ccccc1)=C3. The molecule has 0 aliphatic heterocycles. The average molecular weight is 550 g/mol. The number of rotatable bonds is 4. The first-order valence-electron chi connectivity index (χ1n) is 13.8. The molecule has 2 heterocycles. The fraction of sp³-hybridized carbons (Fsp3) is 0.0811. The molecule has 1 N–H and O–H groups in total. The standard InChI is InChI=1S/C37H27NS2/c1-23-12-15-28-32-21-29(25-10-6-3-7-11-25)33(22-37(32)40-36(28)18-23)38-27-14-17-35-31(20-27)30-19-26(13-16-34(30)39-35)24-8-4-2-5-9-24/h2-21,33,38H,22H2,1H3. The van der Waals surface area contributed by atoms with E-state index in [0.29, 0.717) is 0 Å². The van der Waals surface area contributed by atoms with Crippen LogP contribution in [0.5, 0.6) is 0 Å². The van der Waals surface area contributed by atoms with Crippen molar-refractivity contribution < 1.29 is 0 Å². The molecule has 5 aromatic carbocycles. The molecule has 1 aliphatic rings. The van der Waals surface area contributed by atoms with E-state index in [4.69, 9.17) is 0 Å². The summed E-state index contributed by atoms with van der Waals surface area (Å²) in [6.45, 7) is 2.18. The van der Waals surface area contributed by atoms with E-state index in [1.54, 1.807) is 0 Å². The van der Waals surface area contributed by atoms with Gasteiger partial charge in [0.05, 0.1) is 6.04 Å². The molecular weight excluding hydrogens is 523 g/mol. The highest BCUT2D eigenvalue weighted by molar-refractivity contribution is 7.25. The zero-order valence-electron chi connectivity index (χ0n) is 22.1. The maximum absolute atomic E-state index is 3.96. The Kier molecular flexibility index (Phi) is 5.61. The number of nitrogens with one attached hydrogen (secondary N) is 1. The Morgan fingerprint density at radius 2 is 1.32 bits per heavy atom. The van der Waals surface area contributed by atoms with Crippen LogP contribution in [-0.4, -0.2) is 6.04 Å². The van der Waals surface area contributed by atoms with Crippen LogP contribution in [0.3, 0.4) is 0 Å². The van der Waals surface area contributed by atoms with Crippen molar-refractivity contribution in [3.8, 4) is 11.1 Å². The fourth-order valence-electron chi connectivity index (χ4n) is 6.06. The number of hydrogen-bond acceptors (Lipinski definition) is 3. The molecule has 0 amide bonds. The molecule has 1 nitrogen and oxygen atoms in total. The summed E-state index contributed by atoms with van der Waals surface area (Å²) in [6, 6.07) is 42.4. The molecule has 0 saturated carbocycles. The van der Waals surface area contributed by atoms with Gasteiger partial charge in [-0.3, -0.25) is 0 Å². The van der Waals surface area contributed by atoms with E-state index in [9.17, 15) is 0 Å². The maximum atomic E-state index is 3.96. The van der Waals surface area contributed by atoms with Gasteiger partial charge in [-0.1, -0.05) is 78.9 Å². The number of hydrogen-bond donors (Lipinski definition) is 1. The first-order valence-corrected chi connectivity index (χ1v) is 15.4. The van der Waals surface area contributed by atoms with Gasteiger partial charge >= 0.3 is 0 Å². The smallest absolute Gasteiger partial charge is 0.0568 e. The number of aryl methyl sites for hydroxylation is 1. The van der Waals surface area contributed by atoms with Crippen molar-refractivity contribution >= 4 is 70.3 Å². The van der Waals surface area contributed by atoms with Gasteiger partial charge in [0.15, 0.2) is 0 Å². The summed E-state index contributed by atoms with van der Waals surface area (Å²) in [6.07, 6.45) is 3.42. The zero-order chi connectivity index (χ0) is 26.6. The average Bonchev–Trinajstić information content (AvgIpc) is 3.54. The van der Waals surface area contributed by atoms with Crippen molar-refractivity contribution in [1.82, 2.24) is 0 Å². The summed E-state index contributed by atoms with van der Waals surface area (Å²) in [5.41, 5.74) is 9.04. The molecule has 192 valence electrons. The predicted octanol–water partition coefficient (Wildman–Crippen LogP) is 10.8. The first-order chi connectivity index (χ1) is 19.7. The Balaban J connectivity index is 1.21. The van der Waals surface area contributed by atoms with Crippen LogP contribution in [-0.2, 0) is 6.42 Å². The van der Waals surface area contributed by atoms with Crippen molar-refractivity contribution in [2.75, 3.05) is 5.32 Å². The van der Waals surface area contributed by atoms with Gasteiger partial charge in [0.2, 0.25) is 0 Å². The monoisotopic (exact) mass is 549 g/mol. The molecule has 1 atom stereocenters. The quantitative estimate of drug-likeness (QED) is 0.230. The lowest BCUT2D eigenvalue weighted by atomic mass is 9.87. The molecule has 7 aromatic rings. The van der Waals surface area contributed by atoms with Gasteiger partial charge in [0.25, 0.3) is 0 Å². The molecule has 0 bridgehead atoms. The van der Waals surface area contributed by atoms with Crippen LogP contribution in [0.4, 0.5) is 5.69 Å². The summed E-state index contributed by atoms with van der Waals surface area (Å²) < 4.78 is 4.05. The van der Waals surface area contributed by atoms with E-state index in [-0.39, 0.29) is 6.04 Å². The molecule has 0 saturated heterocycles. The van der Waals surface area contributed by atoms with Crippen LogP contribution in [0.15, 0.2) is 115 Å². The molecule has 8 rings (SSSR count). The van der Waals surface area contributed by atoms with Crippen LogP contribution in [0, 0.1) is 6.92 Å². The lowest BCUT2D eigenvalue weighted by molar-refractivity contribution is 0.889. The third-order valence-corrected chi connectivity index (χ3v) is 10.4. The highest BCUT2D eigenvalue weighted by atomic mass is 32.1. The fourth-order valence-corrected chi connectivity index (χ4v) is 8.45. The molecule has 1 aliphatic carbocycles. The van der Waals surface area contributed by atoms with E-state index >= 15 is 0 Å². The van der Waals surface area contributed by atoms with Crippen molar-refractivity contribution in [1.29, 1.82) is 0 Å². The van der Waals surface area contributed by atoms with E-state index < -0.39 is 0 Å². The van der Waals surface area contributed by atoms with Gasteiger partial charge < -0.3 is 5.32 Å². The number of thiophene rings is 2. The first kappa shape index (κ1) is 23.7. The Labute approximate surface area is 242 Å². The molecule has 40 heavy (non-hydrogen) atoms. The molecule has 1 unspecified atom stereocenters. The largest absolute Gasteiger partial charge is 0.378 e. The lowest BCUT2D eigenvalue weighted by Crippen LogP contribution is -2.26. The number of anilines is 1. The summed E-state index contributed by atoms with van der Waals surface area (Å²) in [4.78, 5) is 1.47. The normalized spacial score (nSPS) is 14.9. The molecular formula is C37H27NS2. The van der Waals surface area contributed by atoms with Crippen LogP contribution in [0.25, 0.3) is 53.0 Å². The van der Waals surface area contributed by atoms with Gasteiger partial charge in [-0.2, -0.15) is 0 Å². The molecule has 0 fully saturated rings. The molecule has 3 heteroatoms. The van der Waals surface area contributed by atoms with Crippen molar-refractivity contribution in [2.24, 2.45) is 0 Å². The van der Waals surface area contributed by atoms with Gasteiger partial charge in [-0.25, -0.2) is 0 Å². The second kappa shape index (κ2) is 9.48. The summed E-state index contributed by atoms with van der Waals surface area (Å²) in [5, 5.41) is 7.98. The summed E-state index contributed by atoms with van der Waals surface area (Å²) >= 11 is 3.82. The third-order valence-electron chi connectivity index (χ3n) is 8.05. The van der Waals surface area contributed by atoms with E-state index in [0.717, 1.165) is 6.42 Å². The van der Waals surface area contributed by atoms with E-state index in [1.165, 1.54) is 74.2 Å². The Morgan fingerprint density at radius 1 is 0.600 bits per heavy atom. The van der Waals surface area contributed by atoms with E-state index in [1.807, 2.05) is 22.7 Å². The van der Waals surface area contributed by atoms with Crippen LogP contribution < -0.4 is 5.32 Å². The Bertz CT molecular complexity index is 2060. The van der Waals surface area contributed by atoms with Gasteiger partial charge in [0, 0.05) is 41.9 Å². The highest BCUT2D eigenvalue weighted by Gasteiger charge is 2.26. The minimum atomic E-state index is 0.200. The molecule has 0 radical (unpaired) electrons. The van der Waals surface area contributed by atoms with Gasteiger partial charge in [0.1, 0.15) is 0 Å². The third kappa shape index (κ3) is 4.05. The van der Waals surface area contributed by atoms with Crippen LogP contribution in [0.2, 0.25) is 0 Å². The number of fused-ring (bicyclic) bond motifs is 6. The van der Waals surface area contributed by atoms with Crippen molar-refractivity contribution in [2.45, 2.75) is 19.4 Å². The van der Waals surface area contributed by atoms with Crippen molar-refractivity contribution in [3.63, 3.8) is 0 Å². The highest BCUT2D eigenvalue weighted by Crippen LogP contribution is 2.42. The lowest BCUT2D eigenvalue weighted by Gasteiger charge is -2.27. The Morgan fingerprint density at radius 3 is 2.12 bits per heavy atom. The molecule has 0 spiro atoms. The minimum absolute atomic E-state index is 0.200. The second-order valence-electron chi connectivity index (χ2n) is 10.7. The number of benzene rings is 5. The second-order valence-corrected chi connectivity index (χ2v) is 12.9. The van der Waals surface area contributed by atoms with Crippen molar-refractivity contribution in [3.05, 3.63) is 137 Å². The van der Waals surface area contributed by atoms with Gasteiger partial charge in [-0.15, -0.1) is 22.7 Å². The summed E-state index contributed by atoms with van der Waals surface area (Å²) in [5.74, 6) is 0. The predicted molar refractivity (Wildman–Crippen MR) is 177 cm³/mol. The van der Waals surface area contributed by atoms with E-state index in [2.05, 4.69) is 134 Å². The van der Waals surface area contributed by atoms with Crippen LogP contribution in [0.1, 0.15) is 21.6 Å². The van der Waals surface area contributed by atoms with Gasteiger partial charge in [-0.05, 0) is 88.2 Å². The topological polar surface area (TPSA) is 12.0 Å². The minimum Gasteiger partial charge on any atom is -0.378 e. The Hall–Kier alpha value is -4.18. The zero-order valence-corrected chi connectivity index (χ0v) is 23.8. The maximum Gasteiger partial charge on any atom is 0.0568 e. The van der Waals surface area contributed by atoms with Crippen LogP contribution >= 0.6 is 22.7 Å². The molecule has 2 aromatic heterocycles.